The van der Waals surface area contributed by atoms with Crippen LogP contribution in [0.3, 0.4) is 0 Å². The molecule has 0 aliphatic rings. The van der Waals surface area contributed by atoms with Crippen molar-refractivity contribution in [2.75, 3.05) is 10.8 Å². The van der Waals surface area contributed by atoms with Crippen LogP contribution in [0.2, 0.25) is 0 Å². The topological polar surface area (TPSA) is 122 Å². The van der Waals surface area contributed by atoms with Gasteiger partial charge in [-0.25, -0.2) is 18.1 Å². The molecule has 10 heteroatoms. The molecule has 0 atom stereocenters. The number of hydrogen-bond acceptors (Lipinski definition) is 6. The van der Waals surface area contributed by atoms with E-state index in [0.29, 0.717) is 5.71 Å². The van der Waals surface area contributed by atoms with Crippen molar-refractivity contribution in [3.63, 3.8) is 0 Å². The van der Waals surface area contributed by atoms with E-state index in [0.717, 1.165) is 4.31 Å². The zero-order chi connectivity index (χ0) is 22.5. The lowest BCUT2D eigenvalue weighted by Gasteiger charge is -2.23. The van der Waals surface area contributed by atoms with E-state index >= 15 is 0 Å². The van der Waals surface area contributed by atoms with E-state index in [-0.39, 0.29) is 16.0 Å². The second-order valence-electron chi connectivity index (χ2n) is 7.55. The van der Waals surface area contributed by atoms with Gasteiger partial charge in [-0.05, 0) is 25.1 Å². The van der Waals surface area contributed by atoms with E-state index in [1.807, 2.05) is 20.8 Å². The summed E-state index contributed by atoms with van der Waals surface area (Å²) < 4.78 is 27.2. The third-order valence-electron chi connectivity index (χ3n) is 4.40. The van der Waals surface area contributed by atoms with Crippen LogP contribution in [0.1, 0.15) is 27.7 Å². The quantitative estimate of drug-likeness (QED) is 0.408. The lowest BCUT2D eigenvalue weighted by molar-refractivity contribution is -0.384. The highest BCUT2D eigenvalue weighted by atomic mass is 32.2. The van der Waals surface area contributed by atoms with E-state index in [2.05, 4.69) is 10.5 Å². The van der Waals surface area contributed by atoms with Gasteiger partial charge in [0.1, 0.15) is 12.2 Å². The highest BCUT2D eigenvalue weighted by molar-refractivity contribution is 7.92. The summed E-state index contributed by atoms with van der Waals surface area (Å²) in [6.07, 6.45) is 0. The molecule has 0 unspecified atom stereocenters. The van der Waals surface area contributed by atoms with Crippen molar-refractivity contribution in [2.45, 2.75) is 32.6 Å². The number of nitrogens with zero attached hydrogens (tertiary/aromatic N) is 3. The van der Waals surface area contributed by atoms with E-state index < -0.39 is 33.1 Å². The third kappa shape index (κ3) is 5.41. The van der Waals surface area contributed by atoms with Crippen LogP contribution in [0.25, 0.3) is 0 Å². The summed E-state index contributed by atoms with van der Waals surface area (Å²) in [4.78, 5) is 23.2. The number of carbonyl (C=O) groups excluding carboxylic acids is 1. The molecule has 0 heterocycles. The molecule has 1 N–H and O–H groups in total. The zero-order valence-corrected chi connectivity index (χ0v) is 18.0. The first-order chi connectivity index (χ1) is 13.9. The fourth-order valence-electron chi connectivity index (χ4n) is 2.33. The van der Waals surface area contributed by atoms with Crippen molar-refractivity contribution in [3.8, 4) is 0 Å². The minimum atomic E-state index is -4.25. The van der Waals surface area contributed by atoms with Crippen molar-refractivity contribution in [3.05, 3.63) is 64.7 Å². The van der Waals surface area contributed by atoms with Gasteiger partial charge in [0, 0.05) is 17.2 Å². The predicted octanol–water partition coefficient (Wildman–Crippen LogP) is 3.33. The Morgan fingerprint density at radius 3 is 2.23 bits per heavy atom. The number of benzene rings is 2. The second-order valence-corrected chi connectivity index (χ2v) is 9.42. The molecule has 2 rings (SSSR count). The molecule has 0 radical (unpaired) electrons. The van der Waals surface area contributed by atoms with E-state index in [9.17, 15) is 23.3 Å². The number of amides is 1. The van der Waals surface area contributed by atoms with Crippen LogP contribution in [0.5, 0.6) is 0 Å². The number of nitro benzene ring substituents is 1. The SMILES string of the molecule is C/C(=N/NC(=O)CN(c1ccccc1[N+](=O)[O-])S(=O)(=O)c1ccccc1)C(C)(C)C. The first-order valence-electron chi connectivity index (χ1n) is 9.09. The Labute approximate surface area is 175 Å². The van der Waals surface area contributed by atoms with Crippen LogP contribution < -0.4 is 9.73 Å². The molecule has 160 valence electrons. The molecular weight excluding hydrogens is 408 g/mol. The van der Waals surface area contributed by atoms with E-state index in [1.165, 1.54) is 48.5 Å². The van der Waals surface area contributed by atoms with Crippen molar-refractivity contribution in [2.24, 2.45) is 10.5 Å². The summed E-state index contributed by atoms with van der Waals surface area (Å²) in [6, 6.07) is 12.8. The van der Waals surface area contributed by atoms with E-state index in [4.69, 9.17) is 0 Å². The Kier molecular flexibility index (Phi) is 6.93. The lowest BCUT2D eigenvalue weighted by Crippen LogP contribution is -2.40. The minimum absolute atomic E-state index is 0.0923. The number of carbonyl (C=O) groups is 1. The Balaban J connectivity index is 2.48. The number of anilines is 1. The average molecular weight is 433 g/mol. The van der Waals surface area contributed by atoms with Gasteiger partial charge in [-0.15, -0.1) is 0 Å². The maximum absolute atomic E-state index is 13.2. The number of sulfonamides is 1. The van der Waals surface area contributed by atoms with Crippen LogP contribution in [0, 0.1) is 15.5 Å². The smallest absolute Gasteiger partial charge is 0.271 e. The average Bonchev–Trinajstić information content (AvgIpc) is 2.70. The first kappa shape index (κ1) is 23.0. The number of para-hydroxylation sites is 2. The van der Waals surface area contributed by atoms with Crippen molar-refractivity contribution < 1.29 is 18.1 Å². The second kappa shape index (κ2) is 9.04. The lowest BCUT2D eigenvalue weighted by atomic mass is 9.91. The first-order valence-corrected chi connectivity index (χ1v) is 10.5. The zero-order valence-electron chi connectivity index (χ0n) is 17.2. The van der Waals surface area contributed by atoms with Gasteiger partial charge in [0.2, 0.25) is 0 Å². The van der Waals surface area contributed by atoms with Gasteiger partial charge >= 0.3 is 0 Å². The van der Waals surface area contributed by atoms with Gasteiger partial charge in [-0.2, -0.15) is 5.10 Å². The van der Waals surface area contributed by atoms with Crippen LogP contribution in [0.15, 0.2) is 64.6 Å². The molecule has 0 aliphatic carbocycles. The van der Waals surface area contributed by atoms with Crippen molar-refractivity contribution in [1.29, 1.82) is 0 Å². The Bertz CT molecular complexity index is 1060. The Hall–Kier alpha value is -3.27. The maximum Gasteiger partial charge on any atom is 0.293 e. The largest absolute Gasteiger partial charge is 0.293 e. The molecule has 0 aliphatic heterocycles. The molecule has 30 heavy (non-hydrogen) atoms. The molecule has 0 fully saturated rings. The normalized spacial score (nSPS) is 12.3. The summed E-state index contributed by atoms with van der Waals surface area (Å²) in [5, 5.41) is 15.5. The van der Waals surface area contributed by atoms with Gasteiger partial charge in [0.15, 0.2) is 0 Å². The van der Waals surface area contributed by atoms with Crippen molar-refractivity contribution >= 4 is 33.0 Å². The van der Waals surface area contributed by atoms with Crippen LogP contribution >= 0.6 is 0 Å². The van der Waals surface area contributed by atoms with E-state index in [1.54, 1.807) is 13.0 Å². The summed E-state index contributed by atoms with van der Waals surface area (Å²) in [5.74, 6) is -0.726. The highest BCUT2D eigenvalue weighted by Gasteiger charge is 2.32. The molecule has 2 aromatic carbocycles. The number of nitrogens with one attached hydrogen (secondary N) is 1. The number of hydrazone groups is 1. The fraction of sp³-hybridized carbons (Fsp3) is 0.300. The molecular formula is C20H24N4O5S. The number of hydrogen-bond donors (Lipinski definition) is 1. The number of nitro groups is 1. The molecule has 0 saturated heterocycles. The molecule has 0 spiro atoms. The maximum atomic E-state index is 13.2. The Morgan fingerprint density at radius 1 is 1.10 bits per heavy atom. The van der Waals surface area contributed by atoms with Gasteiger partial charge in [0.25, 0.3) is 21.6 Å². The van der Waals surface area contributed by atoms with Crippen LogP contribution in [0.4, 0.5) is 11.4 Å². The summed E-state index contributed by atoms with van der Waals surface area (Å²) in [7, 11) is -4.25. The Morgan fingerprint density at radius 2 is 1.67 bits per heavy atom. The molecule has 0 bridgehead atoms. The summed E-state index contributed by atoms with van der Waals surface area (Å²) in [5.41, 5.74) is 2.04. The highest BCUT2D eigenvalue weighted by Crippen LogP contribution is 2.31. The van der Waals surface area contributed by atoms with Crippen LogP contribution in [-0.4, -0.2) is 31.5 Å². The summed E-state index contributed by atoms with van der Waals surface area (Å²) in [6.45, 7) is 6.80. The minimum Gasteiger partial charge on any atom is -0.271 e. The van der Waals surface area contributed by atoms with Gasteiger partial charge in [-0.1, -0.05) is 51.1 Å². The molecule has 1 amide bonds. The molecule has 2 aromatic rings. The van der Waals surface area contributed by atoms with Crippen LogP contribution in [-0.2, 0) is 14.8 Å². The third-order valence-corrected chi connectivity index (χ3v) is 6.17. The van der Waals surface area contributed by atoms with Gasteiger partial charge in [-0.3, -0.25) is 14.9 Å². The van der Waals surface area contributed by atoms with Crippen molar-refractivity contribution in [1.82, 2.24) is 5.43 Å². The monoisotopic (exact) mass is 432 g/mol. The predicted molar refractivity (Wildman–Crippen MR) is 115 cm³/mol. The van der Waals surface area contributed by atoms with Gasteiger partial charge < -0.3 is 0 Å². The molecule has 0 saturated carbocycles. The van der Waals surface area contributed by atoms with Gasteiger partial charge in [0.05, 0.1) is 9.82 Å². The fourth-order valence-corrected chi connectivity index (χ4v) is 3.78. The summed E-state index contributed by atoms with van der Waals surface area (Å²) >= 11 is 0. The molecule has 9 nitrogen and oxygen atoms in total. The molecule has 0 aromatic heterocycles. The number of rotatable bonds is 7. The standard InChI is InChI=1S/C20H24N4O5S/c1-15(20(2,3)4)21-22-19(25)14-23(17-12-8-9-13-18(17)24(26)27)30(28,29)16-10-6-5-7-11-16/h5-13H,14H2,1-4H3,(H,22,25)/b21-15-.